The summed E-state index contributed by atoms with van der Waals surface area (Å²) < 4.78 is 7.63. The largest absolute Gasteiger partial charge is 0.489 e. The van der Waals surface area contributed by atoms with Crippen molar-refractivity contribution in [3.8, 4) is 5.75 Å². The molecule has 7 heteroatoms. The molecule has 2 aromatic heterocycles. The number of thiophene rings is 1. The number of rotatable bonds is 7. The summed E-state index contributed by atoms with van der Waals surface area (Å²) in [7, 11) is 0. The lowest BCUT2D eigenvalue weighted by Gasteiger charge is -2.21. The second-order valence-corrected chi connectivity index (χ2v) is 9.56. The quantitative estimate of drug-likeness (QED) is 0.381. The van der Waals surface area contributed by atoms with Crippen LogP contribution in [0.1, 0.15) is 45.5 Å². The van der Waals surface area contributed by atoms with Crippen LogP contribution in [0.5, 0.6) is 5.75 Å². The molecule has 174 valence electrons. The highest BCUT2D eigenvalue weighted by Crippen LogP contribution is 2.30. The standard InChI is InChI=1S/C27H27N3O3S/c1-3-29(16-19-11-13-21(14-12-19)33-17-20-8-5-4-6-9-20)27(32)24-18(2)23-25(34-24)28-22-10-7-15-30(22)26(23)31/h4-6,8-9,11-14H,3,7,10,15-17H2,1-2H3. The van der Waals surface area contributed by atoms with Crippen LogP contribution in [0, 0.1) is 6.92 Å². The van der Waals surface area contributed by atoms with Gasteiger partial charge in [-0.05, 0) is 49.1 Å². The van der Waals surface area contributed by atoms with Crippen LogP contribution in [-0.2, 0) is 26.1 Å². The lowest BCUT2D eigenvalue weighted by atomic mass is 10.1. The van der Waals surface area contributed by atoms with Crippen molar-refractivity contribution in [2.24, 2.45) is 0 Å². The molecule has 34 heavy (non-hydrogen) atoms. The first-order valence-electron chi connectivity index (χ1n) is 11.6. The predicted molar refractivity (Wildman–Crippen MR) is 135 cm³/mol. The van der Waals surface area contributed by atoms with Crippen LogP contribution >= 0.6 is 11.3 Å². The fraction of sp³-hybridized carbons (Fsp3) is 0.296. The number of nitrogens with zero attached hydrogens (tertiary/aromatic N) is 3. The number of amides is 1. The van der Waals surface area contributed by atoms with Crippen LogP contribution < -0.4 is 10.3 Å². The fourth-order valence-corrected chi connectivity index (χ4v) is 5.56. The zero-order chi connectivity index (χ0) is 23.7. The van der Waals surface area contributed by atoms with Crippen LogP contribution in [-0.4, -0.2) is 26.9 Å². The van der Waals surface area contributed by atoms with Crippen LogP contribution in [0.25, 0.3) is 10.2 Å². The number of hydrogen-bond acceptors (Lipinski definition) is 5. The van der Waals surface area contributed by atoms with E-state index in [0.29, 0.717) is 41.3 Å². The summed E-state index contributed by atoms with van der Waals surface area (Å²) in [4.78, 5) is 34.2. The van der Waals surface area contributed by atoms with Crippen molar-refractivity contribution in [1.29, 1.82) is 0 Å². The van der Waals surface area contributed by atoms with Crippen molar-refractivity contribution in [2.45, 2.75) is 46.4 Å². The van der Waals surface area contributed by atoms with Gasteiger partial charge in [0, 0.05) is 26.1 Å². The predicted octanol–water partition coefficient (Wildman–Crippen LogP) is 4.95. The molecule has 1 amide bonds. The molecule has 4 aromatic rings. The zero-order valence-electron chi connectivity index (χ0n) is 19.4. The molecule has 0 atom stereocenters. The molecule has 2 aromatic carbocycles. The van der Waals surface area contributed by atoms with Crippen LogP contribution in [0.4, 0.5) is 0 Å². The topological polar surface area (TPSA) is 64.4 Å². The molecule has 0 fully saturated rings. The van der Waals surface area contributed by atoms with E-state index in [4.69, 9.17) is 9.72 Å². The van der Waals surface area contributed by atoms with Gasteiger partial charge in [-0.1, -0.05) is 42.5 Å². The van der Waals surface area contributed by atoms with Crippen molar-refractivity contribution >= 4 is 27.5 Å². The number of fused-ring (bicyclic) bond motifs is 2. The summed E-state index contributed by atoms with van der Waals surface area (Å²) in [5.74, 6) is 1.57. The normalized spacial score (nSPS) is 12.6. The average molecular weight is 474 g/mol. The summed E-state index contributed by atoms with van der Waals surface area (Å²) in [6.45, 7) is 6.13. The Morgan fingerprint density at radius 3 is 2.62 bits per heavy atom. The molecule has 0 saturated heterocycles. The highest BCUT2D eigenvalue weighted by Gasteiger charge is 2.25. The third kappa shape index (κ3) is 4.23. The second kappa shape index (κ2) is 9.43. The first-order valence-corrected chi connectivity index (χ1v) is 12.4. The Balaban J connectivity index is 1.32. The Hall–Kier alpha value is -3.45. The van der Waals surface area contributed by atoms with E-state index >= 15 is 0 Å². The Kier molecular flexibility index (Phi) is 6.20. The highest BCUT2D eigenvalue weighted by molar-refractivity contribution is 7.20. The number of carbonyl (C=O) groups is 1. The van der Waals surface area contributed by atoms with Crippen molar-refractivity contribution in [3.05, 3.63) is 92.3 Å². The third-order valence-corrected chi connectivity index (χ3v) is 7.49. The van der Waals surface area contributed by atoms with Gasteiger partial charge in [0.15, 0.2) is 0 Å². The summed E-state index contributed by atoms with van der Waals surface area (Å²) in [6, 6.07) is 17.9. The van der Waals surface area contributed by atoms with E-state index in [-0.39, 0.29) is 11.5 Å². The number of aromatic nitrogens is 2. The SMILES string of the molecule is CCN(Cc1ccc(OCc2ccccc2)cc1)C(=O)c1sc2nc3n(c(=O)c2c1C)CCC3. The van der Waals surface area contributed by atoms with E-state index in [9.17, 15) is 9.59 Å². The van der Waals surface area contributed by atoms with Gasteiger partial charge in [0.2, 0.25) is 0 Å². The number of carbonyl (C=O) groups excluding carboxylic acids is 1. The Morgan fingerprint density at radius 1 is 1.12 bits per heavy atom. The highest BCUT2D eigenvalue weighted by atomic mass is 32.1. The van der Waals surface area contributed by atoms with E-state index in [1.54, 1.807) is 4.57 Å². The van der Waals surface area contributed by atoms with Gasteiger partial charge in [-0.2, -0.15) is 0 Å². The Bertz CT molecular complexity index is 1390. The Labute approximate surface area is 202 Å². The maximum absolute atomic E-state index is 13.4. The maximum atomic E-state index is 13.4. The van der Waals surface area contributed by atoms with Crippen molar-refractivity contribution in [2.75, 3.05) is 6.54 Å². The molecular formula is C27H27N3O3S. The summed E-state index contributed by atoms with van der Waals surface area (Å²) in [5.41, 5.74) is 2.87. The smallest absolute Gasteiger partial charge is 0.264 e. The van der Waals surface area contributed by atoms with Crippen LogP contribution in [0.2, 0.25) is 0 Å². The molecule has 1 aliphatic rings. The van der Waals surface area contributed by atoms with E-state index in [0.717, 1.165) is 41.1 Å². The molecule has 5 rings (SSSR count). The Morgan fingerprint density at radius 2 is 1.88 bits per heavy atom. The lowest BCUT2D eigenvalue weighted by molar-refractivity contribution is 0.0757. The minimum Gasteiger partial charge on any atom is -0.489 e. The maximum Gasteiger partial charge on any atom is 0.264 e. The molecule has 0 saturated carbocycles. The molecule has 0 unspecified atom stereocenters. The molecule has 1 aliphatic heterocycles. The van der Waals surface area contributed by atoms with Crippen molar-refractivity contribution < 1.29 is 9.53 Å². The van der Waals surface area contributed by atoms with Gasteiger partial charge in [-0.25, -0.2) is 4.98 Å². The number of hydrogen-bond donors (Lipinski definition) is 0. The van der Waals surface area contributed by atoms with Crippen LogP contribution in [0.15, 0.2) is 59.4 Å². The summed E-state index contributed by atoms with van der Waals surface area (Å²) in [6.07, 6.45) is 1.77. The first-order chi connectivity index (χ1) is 16.5. The van der Waals surface area contributed by atoms with E-state index in [1.807, 2.05) is 73.3 Å². The molecule has 0 bridgehead atoms. The summed E-state index contributed by atoms with van der Waals surface area (Å²) in [5, 5.41) is 0.593. The molecule has 0 aliphatic carbocycles. The first kappa shape index (κ1) is 22.3. The van der Waals surface area contributed by atoms with Gasteiger partial charge in [0.05, 0.1) is 10.3 Å². The van der Waals surface area contributed by atoms with Crippen molar-refractivity contribution in [1.82, 2.24) is 14.5 Å². The molecule has 0 N–H and O–H groups in total. The minimum atomic E-state index is -0.0584. The van der Waals surface area contributed by atoms with Gasteiger partial charge >= 0.3 is 0 Å². The fourth-order valence-electron chi connectivity index (χ4n) is 4.40. The lowest BCUT2D eigenvalue weighted by Crippen LogP contribution is -2.30. The monoisotopic (exact) mass is 473 g/mol. The third-order valence-electron chi connectivity index (χ3n) is 6.32. The minimum absolute atomic E-state index is 0.0144. The van der Waals surface area contributed by atoms with E-state index in [2.05, 4.69) is 0 Å². The zero-order valence-corrected chi connectivity index (χ0v) is 20.2. The molecular weight excluding hydrogens is 446 g/mol. The van der Waals surface area contributed by atoms with Gasteiger partial charge in [-0.3, -0.25) is 14.2 Å². The molecule has 6 nitrogen and oxygen atoms in total. The van der Waals surface area contributed by atoms with Gasteiger partial charge in [-0.15, -0.1) is 11.3 Å². The van der Waals surface area contributed by atoms with Gasteiger partial charge in [0.1, 0.15) is 23.0 Å². The number of ether oxygens (including phenoxy) is 1. The van der Waals surface area contributed by atoms with Crippen molar-refractivity contribution in [3.63, 3.8) is 0 Å². The number of aryl methyl sites for hydroxylation is 2. The van der Waals surface area contributed by atoms with Gasteiger partial charge in [0.25, 0.3) is 11.5 Å². The molecule has 3 heterocycles. The summed E-state index contributed by atoms with van der Waals surface area (Å²) >= 11 is 1.34. The number of benzene rings is 2. The molecule has 0 spiro atoms. The van der Waals surface area contributed by atoms with E-state index in [1.165, 1.54) is 11.3 Å². The molecule has 0 radical (unpaired) electrons. The van der Waals surface area contributed by atoms with E-state index < -0.39 is 0 Å². The van der Waals surface area contributed by atoms with Gasteiger partial charge < -0.3 is 9.64 Å². The van der Waals surface area contributed by atoms with Crippen LogP contribution in [0.3, 0.4) is 0 Å². The average Bonchev–Trinajstić information content (AvgIpc) is 3.47. The second-order valence-electron chi connectivity index (χ2n) is 8.56.